The first-order valence-corrected chi connectivity index (χ1v) is 5.63. The zero-order valence-corrected chi connectivity index (χ0v) is 9.47. The first kappa shape index (κ1) is 9.95. The Morgan fingerprint density at radius 2 is 2.07 bits per heavy atom. The number of carbonyl (C=O) groups is 1. The third-order valence-electron chi connectivity index (χ3n) is 4.18. The largest absolute Gasteiger partial charge is 0.300 e. The number of hydrogen-bond donors (Lipinski definition) is 0. The quantitative estimate of drug-likeness (QED) is 0.538. The van der Waals surface area contributed by atoms with Gasteiger partial charge in [-0.3, -0.25) is 4.79 Å². The maximum atomic E-state index is 11.5. The van der Waals surface area contributed by atoms with Gasteiger partial charge in [0.1, 0.15) is 5.78 Å². The van der Waals surface area contributed by atoms with E-state index in [1.54, 1.807) is 0 Å². The summed E-state index contributed by atoms with van der Waals surface area (Å²) in [5.74, 6) is 1.16. The standard InChI is InChI=1S/C13H20O/c1-12(2)7-4-8-13(3)9-10(14)5-6-11(12)13/h4,7,11H,5-6,8-9H2,1-3H3. The van der Waals surface area contributed by atoms with Crippen molar-refractivity contribution < 1.29 is 4.79 Å². The molecule has 0 bridgehead atoms. The van der Waals surface area contributed by atoms with E-state index in [4.69, 9.17) is 0 Å². The summed E-state index contributed by atoms with van der Waals surface area (Å²) in [6.45, 7) is 6.91. The van der Waals surface area contributed by atoms with Crippen molar-refractivity contribution in [3.63, 3.8) is 0 Å². The van der Waals surface area contributed by atoms with Crippen LogP contribution in [0.5, 0.6) is 0 Å². The predicted octanol–water partition coefficient (Wildman–Crippen LogP) is 3.35. The van der Waals surface area contributed by atoms with Gasteiger partial charge in [0.2, 0.25) is 0 Å². The molecule has 1 heteroatoms. The Bertz CT molecular complexity index is 288. The summed E-state index contributed by atoms with van der Waals surface area (Å²) >= 11 is 0. The van der Waals surface area contributed by atoms with Gasteiger partial charge in [-0.15, -0.1) is 0 Å². The number of carbonyl (C=O) groups excluding carboxylic acids is 1. The molecule has 1 saturated carbocycles. The van der Waals surface area contributed by atoms with Gasteiger partial charge in [0.15, 0.2) is 0 Å². The molecule has 1 fully saturated rings. The van der Waals surface area contributed by atoms with Crippen LogP contribution in [0.4, 0.5) is 0 Å². The second-order valence-corrected chi connectivity index (χ2v) is 5.89. The fourth-order valence-electron chi connectivity index (χ4n) is 3.55. The maximum Gasteiger partial charge on any atom is 0.133 e. The summed E-state index contributed by atoms with van der Waals surface area (Å²) in [6.07, 6.45) is 8.40. The molecule has 0 radical (unpaired) electrons. The molecule has 0 saturated heterocycles. The highest BCUT2D eigenvalue weighted by Gasteiger charge is 2.47. The molecule has 1 nitrogen and oxygen atoms in total. The van der Waals surface area contributed by atoms with E-state index in [9.17, 15) is 4.79 Å². The van der Waals surface area contributed by atoms with E-state index in [1.807, 2.05) is 0 Å². The number of fused-ring (bicyclic) bond motifs is 1. The van der Waals surface area contributed by atoms with Crippen molar-refractivity contribution in [1.82, 2.24) is 0 Å². The van der Waals surface area contributed by atoms with E-state index in [2.05, 4.69) is 32.9 Å². The van der Waals surface area contributed by atoms with E-state index in [0.717, 1.165) is 25.7 Å². The molecule has 2 aliphatic carbocycles. The van der Waals surface area contributed by atoms with Crippen molar-refractivity contribution in [2.45, 2.75) is 46.5 Å². The van der Waals surface area contributed by atoms with E-state index in [0.29, 0.717) is 11.7 Å². The molecule has 0 N–H and O–H groups in total. The lowest BCUT2D eigenvalue weighted by molar-refractivity contribution is -0.127. The van der Waals surface area contributed by atoms with Crippen LogP contribution in [0.2, 0.25) is 0 Å². The maximum absolute atomic E-state index is 11.5. The van der Waals surface area contributed by atoms with E-state index < -0.39 is 0 Å². The van der Waals surface area contributed by atoms with E-state index in [-0.39, 0.29) is 10.8 Å². The molecule has 2 aliphatic rings. The molecule has 78 valence electrons. The summed E-state index contributed by atoms with van der Waals surface area (Å²) in [5, 5.41) is 0. The number of allylic oxidation sites excluding steroid dienone is 2. The predicted molar refractivity (Wildman–Crippen MR) is 58.0 cm³/mol. The zero-order chi connectivity index (χ0) is 10.4. The summed E-state index contributed by atoms with van der Waals surface area (Å²) in [7, 11) is 0. The average Bonchev–Trinajstić information content (AvgIpc) is 2.00. The Morgan fingerprint density at radius 3 is 2.79 bits per heavy atom. The number of ketones is 1. The third-order valence-corrected chi connectivity index (χ3v) is 4.18. The van der Waals surface area contributed by atoms with Crippen LogP contribution < -0.4 is 0 Å². The van der Waals surface area contributed by atoms with Gasteiger partial charge in [0.25, 0.3) is 0 Å². The first-order valence-electron chi connectivity index (χ1n) is 5.63. The minimum atomic E-state index is 0.244. The topological polar surface area (TPSA) is 17.1 Å². The van der Waals surface area contributed by atoms with Gasteiger partial charge in [-0.05, 0) is 29.6 Å². The van der Waals surface area contributed by atoms with Crippen LogP contribution in [0, 0.1) is 16.7 Å². The second-order valence-electron chi connectivity index (χ2n) is 5.89. The Balaban J connectivity index is 2.32. The van der Waals surface area contributed by atoms with Crippen LogP contribution in [-0.2, 0) is 4.79 Å². The number of hydrogen-bond acceptors (Lipinski definition) is 1. The van der Waals surface area contributed by atoms with E-state index >= 15 is 0 Å². The monoisotopic (exact) mass is 192 g/mol. The molecular formula is C13H20O. The lowest BCUT2D eigenvalue weighted by atomic mass is 9.54. The molecule has 2 unspecified atom stereocenters. The summed E-state index contributed by atoms with van der Waals surface area (Å²) in [6, 6.07) is 0. The lowest BCUT2D eigenvalue weighted by Crippen LogP contribution is -2.44. The molecular weight excluding hydrogens is 172 g/mol. The molecule has 0 spiro atoms. The minimum absolute atomic E-state index is 0.244. The van der Waals surface area contributed by atoms with Gasteiger partial charge in [-0.2, -0.15) is 0 Å². The zero-order valence-electron chi connectivity index (χ0n) is 9.47. The summed E-state index contributed by atoms with van der Waals surface area (Å²) < 4.78 is 0. The molecule has 0 aromatic rings. The molecule has 0 aromatic carbocycles. The average molecular weight is 192 g/mol. The highest BCUT2D eigenvalue weighted by molar-refractivity contribution is 5.80. The molecule has 0 aromatic heterocycles. The van der Waals surface area contributed by atoms with Crippen molar-refractivity contribution in [3.8, 4) is 0 Å². The molecule has 14 heavy (non-hydrogen) atoms. The van der Waals surface area contributed by atoms with Gasteiger partial charge in [0.05, 0.1) is 0 Å². The van der Waals surface area contributed by atoms with Crippen LogP contribution in [0.25, 0.3) is 0 Å². The fraction of sp³-hybridized carbons (Fsp3) is 0.769. The van der Waals surface area contributed by atoms with Crippen molar-refractivity contribution >= 4 is 5.78 Å². The molecule has 0 amide bonds. The van der Waals surface area contributed by atoms with Gasteiger partial charge >= 0.3 is 0 Å². The summed E-state index contributed by atoms with van der Waals surface area (Å²) in [5.41, 5.74) is 0.529. The number of Topliss-reactive ketones (excluding diaryl/α,β-unsaturated/α-hetero) is 1. The Labute approximate surface area is 86.6 Å². The molecule has 0 aliphatic heterocycles. The van der Waals surface area contributed by atoms with Crippen molar-refractivity contribution in [1.29, 1.82) is 0 Å². The highest BCUT2D eigenvalue weighted by Crippen LogP contribution is 2.54. The van der Waals surface area contributed by atoms with Crippen molar-refractivity contribution in [3.05, 3.63) is 12.2 Å². The summed E-state index contributed by atoms with van der Waals surface area (Å²) in [4.78, 5) is 11.5. The van der Waals surface area contributed by atoms with Crippen molar-refractivity contribution in [2.75, 3.05) is 0 Å². The van der Waals surface area contributed by atoms with Gasteiger partial charge in [-0.1, -0.05) is 32.9 Å². The fourth-order valence-corrected chi connectivity index (χ4v) is 3.55. The third kappa shape index (κ3) is 1.43. The normalized spacial score (nSPS) is 40.8. The van der Waals surface area contributed by atoms with Gasteiger partial charge in [0, 0.05) is 12.8 Å². The second kappa shape index (κ2) is 2.95. The van der Waals surface area contributed by atoms with Gasteiger partial charge in [-0.25, -0.2) is 0 Å². The molecule has 0 heterocycles. The molecule has 2 rings (SSSR count). The van der Waals surface area contributed by atoms with Crippen LogP contribution in [-0.4, -0.2) is 5.78 Å². The Hall–Kier alpha value is -0.590. The first-order chi connectivity index (χ1) is 6.44. The lowest BCUT2D eigenvalue weighted by Gasteiger charge is -2.50. The minimum Gasteiger partial charge on any atom is -0.300 e. The van der Waals surface area contributed by atoms with Crippen LogP contribution in [0.3, 0.4) is 0 Å². The highest BCUT2D eigenvalue weighted by atomic mass is 16.1. The van der Waals surface area contributed by atoms with E-state index in [1.165, 1.54) is 0 Å². The Morgan fingerprint density at radius 1 is 1.36 bits per heavy atom. The van der Waals surface area contributed by atoms with Crippen LogP contribution >= 0.6 is 0 Å². The smallest absolute Gasteiger partial charge is 0.133 e. The SMILES string of the molecule is CC1(C)C=CCC2(C)CC(=O)CCC12. The Kier molecular flexibility index (Phi) is 2.09. The van der Waals surface area contributed by atoms with Gasteiger partial charge < -0.3 is 0 Å². The van der Waals surface area contributed by atoms with Crippen LogP contribution in [0.15, 0.2) is 12.2 Å². The van der Waals surface area contributed by atoms with Crippen LogP contribution in [0.1, 0.15) is 46.5 Å². The molecule has 2 atom stereocenters. The van der Waals surface area contributed by atoms with Crippen molar-refractivity contribution in [2.24, 2.45) is 16.7 Å². The number of rotatable bonds is 0.